The first kappa shape index (κ1) is 15.9. The Kier molecular flexibility index (Phi) is 4.61. The minimum Gasteiger partial charge on any atom is -0.507 e. The van der Waals surface area contributed by atoms with Crippen molar-refractivity contribution in [3.63, 3.8) is 0 Å². The van der Waals surface area contributed by atoms with Crippen LogP contribution in [0, 0.1) is 11.7 Å². The van der Waals surface area contributed by atoms with E-state index in [1.54, 1.807) is 13.8 Å². The average Bonchev–Trinajstić information content (AvgIpc) is 2.78. The fourth-order valence-electron chi connectivity index (χ4n) is 2.34. The van der Waals surface area contributed by atoms with Crippen molar-refractivity contribution in [1.82, 2.24) is 0 Å². The Morgan fingerprint density at radius 2 is 2.24 bits per heavy atom. The van der Waals surface area contributed by atoms with E-state index in [9.17, 15) is 19.4 Å². The van der Waals surface area contributed by atoms with E-state index in [0.717, 1.165) is 18.2 Å². The number of ketones is 1. The molecule has 21 heavy (non-hydrogen) atoms. The van der Waals surface area contributed by atoms with E-state index in [1.807, 2.05) is 0 Å². The summed E-state index contributed by atoms with van der Waals surface area (Å²) in [5.41, 5.74) is -0.0911. The van der Waals surface area contributed by atoms with Gasteiger partial charge in [-0.1, -0.05) is 0 Å². The molecule has 2 N–H and O–H groups in total. The molecule has 1 saturated heterocycles. The van der Waals surface area contributed by atoms with Gasteiger partial charge in [-0.15, -0.1) is 0 Å². The maximum Gasteiger partial charge on any atom is 0.167 e. The lowest BCUT2D eigenvalue weighted by Crippen LogP contribution is -2.30. The monoisotopic (exact) mass is 298 g/mol. The van der Waals surface area contributed by atoms with Crippen LogP contribution in [0.2, 0.25) is 0 Å². The highest BCUT2D eigenvalue weighted by atomic mass is 19.1. The van der Waals surface area contributed by atoms with Crippen molar-refractivity contribution in [1.29, 1.82) is 0 Å². The van der Waals surface area contributed by atoms with Crippen LogP contribution in [0.15, 0.2) is 18.2 Å². The zero-order valence-electron chi connectivity index (χ0n) is 12.0. The third-order valence-corrected chi connectivity index (χ3v) is 3.50. The smallest absolute Gasteiger partial charge is 0.167 e. The molecule has 5 nitrogen and oxygen atoms in total. The van der Waals surface area contributed by atoms with E-state index >= 15 is 0 Å². The quantitative estimate of drug-likeness (QED) is 0.812. The number of hydrogen-bond acceptors (Lipinski definition) is 5. The van der Waals surface area contributed by atoms with Gasteiger partial charge in [-0.05, 0) is 32.0 Å². The van der Waals surface area contributed by atoms with Gasteiger partial charge in [0.1, 0.15) is 11.6 Å². The highest BCUT2D eigenvalue weighted by Gasteiger charge is 2.38. The summed E-state index contributed by atoms with van der Waals surface area (Å²) in [5.74, 6) is -2.54. The summed E-state index contributed by atoms with van der Waals surface area (Å²) in [6.07, 6.45) is -0.470. The summed E-state index contributed by atoms with van der Waals surface area (Å²) >= 11 is 0. The Balaban J connectivity index is 2.08. The molecular formula is C15H19FO5. The molecule has 0 amide bonds. The second-order valence-corrected chi connectivity index (χ2v) is 5.60. The van der Waals surface area contributed by atoms with Gasteiger partial charge in [0.05, 0.1) is 18.3 Å². The lowest BCUT2D eigenvalue weighted by atomic mass is 9.94. The number of aromatic hydroxyl groups is 1. The standard InChI is InChI=1S/C15H19FO5/c1-15(2)20-8-14(21-15)9(7-17)5-13(19)11-6-10(16)3-4-12(11)18/h3-4,6,9,14,17-18H,5,7-8H2,1-2H3/t9?,14-/m0/s1. The molecule has 0 saturated carbocycles. The van der Waals surface area contributed by atoms with Crippen LogP contribution < -0.4 is 0 Å². The van der Waals surface area contributed by atoms with E-state index in [2.05, 4.69) is 0 Å². The van der Waals surface area contributed by atoms with Crippen molar-refractivity contribution in [2.24, 2.45) is 5.92 Å². The Labute approximate surface area is 122 Å². The van der Waals surface area contributed by atoms with E-state index in [0.29, 0.717) is 0 Å². The minimum atomic E-state index is -0.748. The number of carbonyl (C=O) groups is 1. The highest BCUT2D eigenvalue weighted by Crippen LogP contribution is 2.30. The Bertz CT molecular complexity index is 529. The second kappa shape index (κ2) is 6.09. The molecule has 1 aliphatic rings. The van der Waals surface area contributed by atoms with Crippen LogP contribution in [0.3, 0.4) is 0 Å². The van der Waals surface area contributed by atoms with Gasteiger partial charge in [-0.3, -0.25) is 4.79 Å². The first-order chi connectivity index (χ1) is 9.82. The predicted molar refractivity (Wildman–Crippen MR) is 72.5 cm³/mol. The molecule has 1 aromatic rings. The fourth-order valence-corrected chi connectivity index (χ4v) is 2.34. The Morgan fingerprint density at radius 1 is 1.52 bits per heavy atom. The summed E-state index contributed by atoms with van der Waals surface area (Å²) in [6.45, 7) is 3.52. The summed E-state index contributed by atoms with van der Waals surface area (Å²) in [6, 6.07) is 3.20. The van der Waals surface area contributed by atoms with Crippen LogP contribution >= 0.6 is 0 Å². The lowest BCUT2D eigenvalue weighted by Gasteiger charge is -2.22. The molecule has 0 aliphatic carbocycles. The summed E-state index contributed by atoms with van der Waals surface area (Å²) in [5, 5.41) is 19.1. The number of carbonyl (C=O) groups excluding carboxylic acids is 1. The molecule has 1 aromatic carbocycles. The summed E-state index contributed by atoms with van der Waals surface area (Å²) in [7, 11) is 0. The topological polar surface area (TPSA) is 76.0 Å². The molecule has 1 heterocycles. The zero-order valence-corrected chi connectivity index (χ0v) is 12.0. The number of hydrogen-bond donors (Lipinski definition) is 2. The molecule has 6 heteroatoms. The van der Waals surface area contributed by atoms with Crippen LogP contribution in [0.5, 0.6) is 5.75 Å². The second-order valence-electron chi connectivity index (χ2n) is 5.60. The van der Waals surface area contributed by atoms with Crippen LogP contribution in [-0.4, -0.2) is 41.1 Å². The number of phenols is 1. The lowest BCUT2D eigenvalue weighted by molar-refractivity contribution is -0.146. The van der Waals surface area contributed by atoms with Gasteiger partial charge < -0.3 is 19.7 Å². The Morgan fingerprint density at radius 3 is 2.81 bits per heavy atom. The fraction of sp³-hybridized carbons (Fsp3) is 0.533. The molecule has 0 radical (unpaired) electrons. The maximum absolute atomic E-state index is 13.2. The van der Waals surface area contributed by atoms with Crippen LogP contribution in [-0.2, 0) is 9.47 Å². The molecule has 0 spiro atoms. The van der Waals surface area contributed by atoms with Gasteiger partial charge in [0.25, 0.3) is 0 Å². The van der Waals surface area contributed by atoms with E-state index in [-0.39, 0.29) is 30.9 Å². The van der Waals surface area contributed by atoms with Crippen LogP contribution in [0.25, 0.3) is 0 Å². The van der Waals surface area contributed by atoms with Gasteiger partial charge in [0.2, 0.25) is 0 Å². The molecule has 2 atom stereocenters. The largest absolute Gasteiger partial charge is 0.507 e. The van der Waals surface area contributed by atoms with E-state index in [1.165, 1.54) is 0 Å². The first-order valence-electron chi connectivity index (χ1n) is 6.77. The molecule has 0 aromatic heterocycles. The Hall–Kier alpha value is -1.50. The number of benzene rings is 1. The third-order valence-electron chi connectivity index (χ3n) is 3.50. The van der Waals surface area contributed by atoms with Crippen molar-refractivity contribution in [2.45, 2.75) is 32.2 Å². The number of aliphatic hydroxyl groups is 1. The molecule has 1 aliphatic heterocycles. The van der Waals surface area contributed by atoms with E-state index < -0.39 is 29.4 Å². The van der Waals surface area contributed by atoms with Crippen molar-refractivity contribution >= 4 is 5.78 Å². The van der Waals surface area contributed by atoms with Crippen molar-refractivity contribution < 1.29 is 28.9 Å². The predicted octanol–water partition coefficient (Wildman–Crippen LogP) is 1.86. The van der Waals surface area contributed by atoms with Crippen molar-refractivity contribution in [3.8, 4) is 5.75 Å². The number of halogens is 1. The molecule has 0 bridgehead atoms. The third kappa shape index (κ3) is 3.78. The molecule has 1 unspecified atom stereocenters. The van der Waals surface area contributed by atoms with Crippen molar-refractivity contribution in [2.75, 3.05) is 13.2 Å². The van der Waals surface area contributed by atoms with Gasteiger partial charge >= 0.3 is 0 Å². The van der Waals surface area contributed by atoms with E-state index in [4.69, 9.17) is 9.47 Å². The zero-order chi connectivity index (χ0) is 15.6. The molecule has 116 valence electrons. The SMILES string of the molecule is CC1(C)OC[C@@H](C(CO)CC(=O)c2cc(F)ccc2O)O1. The molecular weight excluding hydrogens is 279 g/mol. The number of rotatable bonds is 5. The average molecular weight is 298 g/mol. The van der Waals surface area contributed by atoms with Gasteiger partial charge in [0.15, 0.2) is 11.6 Å². The summed E-state index contributed by atoms with van der Waals surface area (Å²) < 4.78 is 24.2. The normalized spacial score (nSPS) is 22.2. The molecule has 2 rings (SSSR count). The number of phenolic OH excluding ortho intramolecular Hbond substituents is 1. The number of Topliss-reactive ketones (excluding diaryl/α,β-unsaturated/α-hetero) is 1. The van der Waals surface area contributed by atoms with Crippen LogP contribution in [0.4, 0.5) is 4.39 Å². The van der Waals surface area contributed by atoms with Gasteiger partial charge in [-0.2, -0.15) is 0 Å². The highest BCUT2D eigenvalue weighted by molar-refractivity contribution is 5.98. The maximum atomic E-state index is 13.2. The summed E-state index contributed by atoms with van der Waals surface area (Å²) in [4.78, 5) is 12.2. The number of ether oxygens (including phenoxy) is 2. The van der Waals surface area contributed by atoms with Gasteiger partial charge in [-0.25, -0.2) is 4.39 Å². The first-order valence-corrected chi connectivity index (χ1v) is 6.77. The number of aliphatic hydroxyl groups excluding tert-OH is 1. The van der Waals surface area contributed by atoms with Crippen molar-refractivity contribution in [3.05, 3.63) is 29.6 Å². The molecule has 1 fully saturated rings. The van der Waals surface area contributed by atoms with Gasteiger partial charge in [0, 0.05) is 18.9 Å². The van der Waals surface area contributed by atoms with Crippen LogP contribution in [0.1, 0.15) is 30.6 Å². The minimum absolute atomic E-state index is 0.0579.